The molecule has 0 aromatic heterocycles. The average molecular weight is 275 g/mol. The van der Waals surface area contributed by atoms with Crippen molar-refractivity contribution in [2.75, 3.05) is 0 Å². The van der Waals surface area contributed by atoms with Gasteiger partial charge in [0.15, 0.2) is 0 Å². The summed E-state index contributed by atoms with van der Waals surface area (Å²) in [5.74, 6) is 0.363. The van der Waals surface area contributed by atoms with Gasteiger partial charge in [-0.15, -0.1) is 11.8 Å². The summed E-state index contributed by atoms with van der Waals surface area (Å²) in [6.07, 6.45) is 3.47. The summed E-state index contributed by atoms with van der Waals surface area (Å²) in [6.45, 7) is 0. The van der Waals surface area contributed by atoms with Crippen LogP contribution in [0.5, 0.6) is 0 Å². The van der Waals surface area contributed by atoms with Gasteiger partial charge < -0.3 is 0 Å². The Hall–Kier alpha value is -0.180. The molecule has 0 saturated heterocycles. The smallest absolute Gasteiger partial charge is 0.134 e. The number of halogens is 2. The van der Waals surface area contributed by atoms with Crippen molar-refractivity contribution >= 4 is 40.7 Å². The zero-order valence-corrected chi connectivity index (χ0v) is 11.0. The summed E-state index contributed by atoms with van der Waals surface area (Å²) >= 11 is 13.7. The zero-order valence-electron chi connectivity index (χ0n) is 8.71. The highest BCUT2D eigenvalue weighted by Gasteiger charge is 2.21. The SMILES string of the molecule is O=C1CCCC(Sc2cc(Cl)ccc2Cl)C1. The van der Waals surface area contributed by atoms with Gasteiger partial charge in [0.05, 0.1) is 5.02 Å². The number of rotatable bonds is 2. The molecule has 0 aliphatic heterocycles. The van der Waals surface area contributed by atoms with Crippen LogP contribution in [0.1, 0.15) is 25.7 Å². The maximum Gasteiger partial charge on any atom is 0.134 e. The Morgan fingerprint density at radius 3 is 2.88 bits per heavy atom. The molecule has 0 amide bonds. The fraction of sp³-hybridized carbons (Fsp3) is 0.417. The second-order valence-corrected chi connectivity index (χ2v) is 6.14. The summed E-state index contributed by atoms with van der Waals surface area (Å²) in [6, 6.07) is 5.45. The molecule has 0 spiro atoms. The van der Waals surface area contributed by atoms with Crippen molar-refractivity contribution in [2.45, 2.75) is 35.8 Å². The van der Waals surface area contributed by atoms with Crippen molar-refractivity contribution in [3.8, 4) is 0 Å². The summed E-state index contributed by atoms with van der Waals surface area (Å²) < 4.78 is 0. The molecule has 2 rings (SSSR count). The molecular formula is C12H12Cl2OS. The van der Waals surface area contributed by atoms with Gasteiger partial charge in [0.25, 0.3) is 0 Å². The van der Waals surface area contributed by atoms with E-state index >= 15 is 0 Å². The zero-order chi connectivity index (χ0) is 11.5. The van der Waals surface area contributed by atoms with Crippen LogP contribution in [-0.2, 0) is 4.79 Å². The van der Waals surface area contributed by atoms with Crippen molar-refractivity contribution in [1.82, 2.24) is 0 Å². The molecule has 1 atom stereocenters. The number of ketones is 1. The third-order valence-corrected chi connectivity index (χ3v) is 4.63. The van der Waals surface area contributed by atoms with E-state index in [-0.39, 0.29) is 0 Å². The standard InChI is InChI=1S/C12H12Cl2OS/c13-8-4-5-11(14)12(6-8)16-10-3-1-2-9(15)7-10/h4-6,10H,1-3,7H2. The van der Waals surface area contributed by atoms with Gasteiger partial charge in [-0.1, -0.05) is 23.2 Å². The predicted molar refractivity (Wildman–Crippen MR) is 69.6 cm³/mol. The topological polar surface area (TPSA) is 17.1 Å². The van der Waals surface area contributed by atoms with Gasteiger partial charge in [0, 0.05) is 28.0 Å². The Morgan fingerprint density at radius 2 is 2.12 bits per heavy atom. The van der Waals surface area contributed by atoms with Crippen LogP contribution in [0, 0.1) is 0 Å². The lowest BCUT2D eigenvalue weighted by atomic mass is 9.99. The molecule has 1 unspecified atom stereocenters. The molecular weight excluding hydrogens is 263 g/mol. The lowest BCUT2D eigenvalue weighted by molar-refractivity contribution is -0.120. The normalized spacial score (nSPS) is 21.1. The van der Waals surface area contributed by atoms with E-state index < -0.39 is 0 Å². The molecule has 1 nitrogen and oxygen atoms in total. The van der Waals surface area contributed by atoms with E-state index in [1.54, 1.807) is 23.9 Å². The first-order valence-corrected chi connectivity index (χ1v) is 6.92. The van der Waals surface area contributed by atoms with Gasteiger partial charge in [-0.2, -0.15) is 0 Å². The first kappa shape index (κ1) is 12.3. The van der Waals surface area contributed by atoms with Crippen LogP contribution in [0.2, 0.25) is 10.0 Å². The van der Waals surface area contributed by atoms with Crippen LogP contribution in [0.4, 0.5) is 0 Å². The number of Topliss-reactive ketones (excluding diaryl/α,β-unsaturated/α-hetero) is 1. The fourth-order valence-electron chi connectivity index (χ4n) is 1.83. The molecule has 1 saturated carbocycles. The van der Waals surface area contributed by atoms with Crippen LogP contribution in [-0.4, -0.2) is 11.0 Å². The largest absolute Gasteiger partial charge is 0.300 e. The molecule has 4 heteroatoms. The summed E-state index contributed by atoms with van der Waals surface area (Å²) in [5, 5.41) is 1.76. The van der Waals surface area contributed by atoms with E-state index in [1.807, 2.05) is 6.07 Å². The van der Waals surface area contributed by atoms with Crippen molar-refractivity contribution in [3.05, 3.63) is 28.2 Å². The van der Waals surface area contributed by atoms with E-state index in [0.29, 0.717) is 27.5 Å². The summed E-state index contributed by atoms with van der Waals surface area (Å²) in [5.41, 5.74) is 0. The summed E-state index contributed by atoms with van der Waals surface area (Å²) in [7, 11) is 0. The molecule has 0 N–H and O–H groups in total. The maximum absolute atomic E-state index is 11.3. The second kappa shape index (κ2) is 5.44. The maximum atomic E-state index is 11.3. The monoisotopic (exact) mass is 274 g/mol. The van der Waals surface area contributed by atoms with Gasteiger partial charge in [-0.3, -0.25) is 4.79 Å². The third-order valence-electron chi connectivity index (χ3n) is 2.62. The van der Waals surface area contributed by atoms with E-state index in [4.69, 9.17) is 23.2 Å². The Bertz CT molecular complexity index is 406. The molecule has 0 heterocycles. The Kier molecular flexibility index (Phi) is 4.17. The quantitative estimate of drug-likeness (QED) is 0.784. The van der Waals surface area contributed by atoms with Gasteiger partial charge in [-0.05, 0) is 31.0 Å². The van der Waals surface area contributed by atoms with Gasteiger partial charge in [0.2, 0.25) is 0 Å². The number of carbonyl (C=O) groups excluding carboxylic acids is 1. The molecule has 0 bridgehead atoms. The minimum Gasteiger partial charge on any atom is -0.300 e. The molecule has 86 valence electrons. The van der Waals surface area contributed by atoms with Crippen molar-refractivity contribution in [3.63, 3.8) is 0 Å². The number of hydrogen-bond acceptors (Lipinski definition) is 2. The number of benzene rings is 1. The third kappa shape index (κ3) is 3.16. The average Bonchev–Trinajstić information content (AvgIpc) is 2.24. The molecule has 16 heavy (non-hydrogen) atoms. The van der Waals surface area contributed by atoms with E-state index in [2.05, 4.69) is 0 Å². The minimum atomic E-state index is 0.359. The lowest BCUT2D eigenvalue weighted by Crippen LogP contribution is -2.16. The van der Waals surface area contributed by atoms with Crippen LogP contribution in [0.15, 0.2) is 23.1 Å². The van der Waals surface area contributed by atoms with Gasteiger partial charge in [0.1, 0.15) is 5.78 Å². The van der Waals surface area contributed by atoms with Crippen LogP contribution in [0.3, 0.4) is 0 Å². The van der Waals surface area contributed by atoms with Crippen LogP contribution >= 0.6 is 35.0 Å². The van der Waals surface area contributed by atoms with Crippen molar-refractivity contribution < 1.29 is 4.79 Å². The minimum absolute atomic E-state index is 0.359. The first-order chi connectivity index (χ1) is 7.65. The van der Waals surface area contributed by atoms with Crippen molar-refractivity contribution in [1.29, 1.82) is 0 Å². The highest BCUT2D eigenvalue weighted by Crippen LogP contribution is 2.37. The predicted octanol–water partition coefficient (Wildman–Crippen LogP) is 4.60. The lowest BCUT2D eigenvalue weighted by Gasteiger charge is -2.20. The van der Waals surface area contributed by atoms with Gasteiger partial charge in [-0.25, -0.2) is 0 Å². The fourth-order valence-corrected chi connectivity index (χ4v) is 3.61. The Labute approximate surface area is 110 Å². The highest BCUT2D eigenvalue weighted by molar-refractivity contribution is 8.00. The summed E-state index contributed by atoms with van der Waals surface area (Å²) in [4.78, 5) is 12.3. The second-order valence-electron chi connectivity index (χ2n) is 3.95. The first-order valence-electron chi connectivity index (χ1n) is 5.28. The van der Waals surface area contributed by atoms with Crippen LogP contribution in [0.25, 0.3) is 0 Å². The molecule has 1 aliphatic rings. The van der Waals surface area contributed by atoms with Crippen LogP contribution < -0.4 is 0 Å². The molecule has 0 radical (unpaired) electrons. The Balaban J connectivity index is 2.08. The van der Waals surface area contributed by atoms with E-state index in [0.717, 1.165) is 24.2 Å². The molecule has 1 fully saturated rings. The van der Waals surface area contributed by atoms with E-state index in [9.17, 15) is 4.79 Å². The van der Waals surface area contributed by atoms with Crippen molar-refractivity contribution in [2.24, 2.45) is 0 Å². The Morgan fingerprint density at radius 1 is 1.31 bits per heavy atom. The number of thioether (sulfide) groups is 1. The highest BCUT2D eigenvalue weighted by atomic mass is 35.5. The van der Waals surface area contributed by atoms with E-state index in [1.165, 1.54) is 0 Å². The van der Waals surface area contributed by atoms with Gasteiger partial charge >= 0.3 is 0 Å². The number of carbonyl (C=O) groups is 1. The molecule has 1 aromatic rings. The molecule has 1 aliphatic carbocycles. The number of hydrogen-bond donors (Lipinski definition) is 0. The molecule has 1 aromatic carbocycles.